The topological polar surface area (TPSA) is 82.5 Å². The van der Waals surface area contributed by atoms with Gasteiger partial charge in [-0.05, 0) is 19.1 Å². The van der Waals surface area contributed by atoms with Crippen molar-refractivity contribution in [1.82, 2.24) is 9.55 Å². The van der Waals surface area contributed by atoms with E-state index in [-0.39, 0.29) is 23.9 Å². The maximum atomic E-state index is 12.4. The van der Waals surface area contributed by atoms with Crippen LogP contribution < -0.4 is 20.3 Å². The Morgan fingerprint density at radius 1 is 1.36 bits per heavy atom. The number of aryl methyl sites for hydroxylation is 1. The molecule has 0 fully saturated rings. The van der Waals surface area contributed by atoms with Crippen LogP contribution in [-0.4, -0.2) is 35.4 Å². The van der Waals surface area contributed by atoms with E-state index in [2.05, 4.69) is 10.3 Å². The molecule has 0 saturated heterocycles. The highest BCUT2D eigenvalue weighted by Crippen LogP contribution is 2.33. The van der Waals surface area contributed by atoms with E-state index >= 15 is 0 Å². The molecule has 132 valence electrons. The summed E-state index contributed by atoms with van der Waals surface area (Å²) in [4.78, 5) is 29.0. The average Bonchev–Trinajstić information content (AvgIpc) is 2.97. The van der Waals surface area contributed by atoms with Crippen molar-refractivity contribution in [2.24, 2.45) is 0 Å². The van der Waals surface area contributed by atoms with Gasteiger partial charge in [-0.3, -0.25) is 14.2 Å². The number of fused-ring (bicyclic) bond motifs is 1. The van der Waals surface area contributed by atoms with Crippen LogP contribution in [0.15, 0.2) is 34.2 Å². The minimum absolute atomic E-state index is 0.118. The molecule has 0 bridgehead atoms. The molecular formula is C17H19N3O4S. The van der Waals surface area contributed by atoms with E-state index in [1.165, 1.54) is 24.9 Å². The van der Waals surface area contributed by atoms with Crippen LogP contribution >= 0.6 is 11.8 Å². The lowest BCUT2D eigenvalue weighted by Gasteiger charge is -2.15. The smallest absolute Gasteiger partial charge is 0.254 e. The van der Waals surface area contributed by atoms with Crippen molar-refractivity contribution in [3.8, 4) is 11.5 Å². The van der Waals surface area contributed by atoms with Crippen LogP contribution in [0.5, 0.6) is 11.5 Å². The highest BCUT2D eigenvalue weighted by molar-refractivity contribution is 7.99. The van der Waals surface area contributed by atoms with Crippen molar-refractivity contribution in [3.63, 3.8) is 0 Å². The Labute approximate surface area is 149 Å². The van der Waals surface area contributed by atoms with Gasteiger partial charge in [-0.25, -0.2) is 4.98 Å². The molecule has 1 atom stereocenters. The van der Waals surface area contributed by atoms with E-state index in [1.54, 1.807) is 36.8 Å². The predicted octanol–water partition coefficient (Wildman–Crippen LogP) is 2.24. The monoisotopic (exact) mass is 361 g/mol. The number of carbonyl (C=O) groups is 1. The molecule has 1 unspecified atom stereocenters. The third kappa shape index (κ3) is 3.63. The van der Waals surface area contributed by atoms with Crippen molar-refractivity contribution < 1.29 is 14.3 Å². The number of nitrogens with one attached hydrogen (secondary N) is 1. The van der Waals surface area contributed by atoms with Gasteiger partial charge in [-0.2, -0.15) is 0 Å². The Hall–Kier alpha value is -2.48. The molecular weight excluding hydrogens is 342 g/mol. The molecule has 7 nitrogen and oxygen atoms in total. The zero-order chi connectivity index (χ0) is 18.0. The molecule has 25 heavy (non-hydrogen) atoms. The largest absolute Gasteiger partial charge is 0.497 e. The van der Waals surface area contributed by atoms with Gasteiger partial charge in [0.2, 0.25) is 5.91 Å². The lowest BCUT2D eigenvalue weighted by atomic mass is 10.2. The Balaban J connectivity index is 1.74. The normalized spacial score (nSPS) is 15.6. The minimum atomic E-state index is -0.204. The Bertz CT molecular complexity index is 865. The van der Waals surface area contributed by atoms with Crippen molar-refractivity contribution in [2.75, 3.05) is 25.3 Å². The number of thioether (sulfide) groups is 1. The van der Waals surface area contributed by atoms with Gasteiger partial charge < -0.3 is 14.8 Å². The molecule has 0 aliphatic carbocycles. The molecule has 0 radical (unpaired) electrons. The first kappa shape index (κ1) is 17.3. The standard InChI is InChI=1S/C17H19N3O4S/c1-10-6-16(22)20-11(9-25-17(20)18-10)7-15(21)19-13-5-4-12(23-2)8-14(13)24-3/h4-6,8,11H,7,9H2,1-3H3,(H,19,21). The summed E-state index contributed by atoms with van der Waals surface area (Å²) in [5.41, 5.74) is 1.14. The summed E-state index contributed by atoms with van der Waals surface area (Å²) >= 11 is 1.50. The molecule has 0 spiro atoms. The van der Waals surface area contributed by atoms with Gasteiger partial charge in [0.1, 0.15) is 11.5 Å². The van der Waals surface area contributed by atoms with Crippen molar-refractivity contribution in [2.45, 2.75) is 24.5 Å². The third-order valence-corrected chi connectivity index (χ3v) is 5.02. The highest BCUT2D eigenvalue weighted by Gasteiger charge is 2.27. The molecule has 2 heterocycles. The molecule has 1 aromatic heterocycles. The van der Waals surface area contributed by atoms with Crippen LogP contribution in [0.1, 0.15) is 18.2 Å². The quantitative estimate of drug-likeness (QED) is 0.823. The number of hydrogen-bond acceptors (Lipinski definition) is 6. The number of rotatable bonds is 5. The Kier molecular flexibility index (Phi) is 4.98. The van der Waals surface area contributed by atoms with E-state index in [0.717, 1.165) is 0 Å². The van der Waals surface area contributed by atoms with E-state index < -0.39 is 0 Å². The van der Waals surface area contributed by atoms with Gasteiger partial charge in [0.15, 0.2) is 5.16 Å². The number of ether oxygens (including phenoxy) is 2. The Morgan fingerprint density at radius 2 is 2.16 bits per heavy atom. The average molecular weight is 361 g/mol. The summed E-state index contributed by atoms with van der Waals surface area (Å²) in [6, 6.07) is 6.46. The fraction of sp³-hybridized carbons (Fsp3) is 0.353. The van der Waals surface area contributed by atoms with Gasteiger partial charge >= 0.3 is 0 Å². The minimum Gasteiger partial charge on any atom is -0.497 e. The number of nitrogens with zero attached hydrogens (tertiary/aromatic N) is 2. The summed E-state index contributed by atoms with van der Waals surface area (Å²) in [6.07, 6.45) is 0.194. The van der Waals surface area contributed by atoms with Crippen LogP contribution in [0, 0.1) is 6.92 Å². The molecule has 0 saturated carbocycles. The predicted molar refractivity (Wildman–Crippen MR) is 95.8 cm³/mol. The fourth-order valence-corrected chi connectivity index (χ4v) is 3.93. The third-order valence-electron chi connectivity index (χ3n) is 3.92. The lowest BCUT2D eigenvalue weighted by Crippen LogP contribution is -2.27. The SMILES string of the molecule is COc1ccc(NC(=O)CC2CSc3nc(C)cc(=O)n32)c(OC)c1. The van der Waals surface area contributed by atoms with Gasteiger partial charge in [0.25, 0.3) is 5.56 Å². The van der Waals surface area contributed by atoms with Crippen molar-refractivity contribution >= 4 is 23.4 Å². The second-order valence-electron chi connectivity index (χ2n) is 5.67. The van der Waals surface area contributed by atoms with Crippen LogP contribution in [0.4, 0.5) is 5.69 Å². The van der Waals surface area contributed by atoms with Crippen LogP contribution in [0.2, 0.25) is 0 Å². The Morgan fingerprint density at radius 3 is 2.88 bits per heavy atom. The first-order valence-corrected chi connectivity index (χ1v) is 8.75. The van der Waals surface area contributed by atoms with Crippen molar-refractivity contribution in [1.29, 1.82) is 0 Å². The van der Waals surface area contributed by atoms with E-state index in [0.29, 0.717) is 33.8 Å². The molecule has 2 aromatic rings. The van der Waals surface area contributed by atoms with Crippen LogP contribution in [-0.2, 0) is 4.79 Å². The van der Waals surface area contributed by atoms with Gasteiger partial charge in [0, 0.05) is 30.0 Å². The molecule has 8 heteroatoms. The van der Waals surface area contributed by atoms with E-state index in [9.17, 15) is 9.59 Å². The number of benzene rings is 1. The maximum absolute atomic E-state index is 12.4. The molecule has 1 aromatic carbocycles. The molecule has 1 N–H and O–H groups in total. The maximum Gasteiger partial charge on any atom is 0.254 e. The summed E-state index contributed by atoms with van der Waals surface area (Å²) < 4.78 is 12.0. The number of anilines is 1. The fourth-order valence-electron chi connectivity index (χ4n) is 2.73. The summed E-state index contributed by atoms with van der Waals surface area (Å²) in [5, 5.41) is 3.51. The van der Waals surface area contributed by atoms with Crippen molar-refractivity contribution in [3.05, 3.63) is 40.3 Å². The van der Waals surface area contributed by atoms with E-state index in [1.807, 2.05) is 0 Å². The first-order chi connectivity index (χ1) is 12.0. The number of methoxy groups -OCH3 is 2. The summed E-state index contributed by atoms with van der Waals surface area (Å²) in [5.74, 6) is 1.63. The molecule has 1 aliphatic heterocycles. The lowest BCUT2D eigenvalue weighted by molar-refractivity contribution is -0.116. The number of amides is 1. The van der Waals surface area contributed by atoms with Gasteiger partial charge in [-0.1, -0.05) is 11.8 Å². The summed E-state index contributed by atoms with van der Waals surface area (Å²) in [7, 11) is 3.09. The van der Waals surface area contributed by atoms with Gasteiger partial charge in [-0.15, -0.1) is 0 Å². The molecule has 1 amide bonds. The van der Waals surface area contributed by atoms with Crippen LogP contribution in [0.25, 0.3) is 0 Å². The number of carbonyl (C=O) groups excluding carboxylic acids is 1. The van der Waals surface area contributed by atoms with E-state index in [4.69, 9.17) is 9.47 Å². The molecule has 3 rings (SSSR count). The number of aromatic nitrogens is 2. The second kappa shape index (κ2) is 7.18. The van der Waals surface area contributed by atoms with Gasteiger partial charge in [0.05, 0.1) is 25.9 Å². The first-order valence-electron chi connectivity index (χ1n) is 7.76. The summed E-state index contributed by atoms with van der Waals surface area (Å²) in [6.45, 7) is 1.79. The highest BCUT2D eigenvalue weighted by atomic mass is 32.2. The van der Waals surface area contributed by atoms with Crippen LogP contribution in [0.3, 0.4) is 0 Å². The second-order valence-corrected chi connectivity index (χ2v) is 6.66. The zero-order valence-electron chi connectivity index (χ0n) is 14.2. The number of hydrogen-bond donors (Lipinski definition) is 1. The molecule has 1 aliphatic rings. The zero-order valence-corrected chi connectivity index (χ0v) is 15.1.